The number of carbonyl (C=O) groups excluding carboxylic acids is 3. The van der Waals surface area contributed by atoms with Gasteiger partial charge in [-0.3, -0.25) is 0 Å². The van der Waals surface area contributed by atoms with Crippen molar-refractivity contribution in [3.8, 4) is 0 Å². The van der Waals surface area contributed by atoms with Crippen molar-refractivity contribution < 1.29 is 29.2 Å². The molecule has 1 fully saturated rings. The summed E-state index contributed by atoms with van der Waals surface area (Å²) in [5, 5.41) is 9.12. The molecule has 1 heterocycles. The van der Waals surface area contributed by atoms with Crippen molar-refractivity contribution in [1.82, 2.24) is 0 Å². The molecular weight excluding hydrogens is 246 g/mol. The van der Waals surface area contributed by atoms with E-state index in [1.165, 1.54) is 0 Å². The quantitative estimate of drug-likeness (QED) is 0.321. The van der Waals surface area contributed by atoms with Crippen molar-refractivity contribution in [2.45, 2.75) is 12.8 Å². The van der Waals surface area contributed by atoms with Crippen LogP contribution in [0.5, 0.6) is 0 Å². The van der Waals surface area contributed by atoms with Crippen LogP contribution < -0.4 is 0 Å². The number of imide groups is 1. The second kappa shape index (κ2) is 3.52. The lowest BCUT2D eigenvalue weighted by atomic mass is 10.4. The first-order valence-electron chi connectivity index (χ1n) is 3.47. The average Bonchev–Trinajstić information content (AvgIpc) is 2.33. The van der Waals surface area contributed by atoms with E-state index in [1.807, 2.05) is 0 Å². The summed E-state index contributed by atoms with van der Waals surface area (Å²) in [7, 11) is 0. The Balaban J connectivity index is 2.79. The van der Waals surface area contributed by atoms with E-state index in [4.69, 9.17) is 0 Å². The largest absolute Gasteiger partial charge is 0.397 e. The second-order valence-electron chi connectivity index (χ2n) is 2.46. The summed E-state index contributed by atoms with van der Waals surface area (Å²) in [6.07, 6.45) is -0.213. The normalized spacial score (nSPS) is 20.5. The van der Waals surface area contributed by atoms with E-state index in [0.29, 0.717) is 0 Å². The summed E-state index contributed by atoms with van der Waals surface area (Å²) in [6.45, 7) is 0. The Morgan fingerprint density at radius 1 is 1.46 bits per heavy atom. The minimum Gasteiger partial charge on any atom is -0.244 e. The third-order valence-electron chi connectivity index (χ3n) is 1.57. The number of hydrogen-bond acceptors (Lipinski definition) is 5. The van der Waals surface area contributed by atoms with Gasteiger partial charge in [0.15, 0.2) is 0 Å². The lowest BCUT2D eigenvalue weighted by molar-refractivity contribution is -1.12. The van der Waals surface area contributed by atoms with Crippen molar-refractivity contribution >= 4 is 33.7 Å². The lowest BCUT2D eigenvalue weighted by Crippen LogP contribution is -2.50. The van der Waals surface area contributed by atoms with Crippen LogP contribution in [0.1, 0.15) is 12.8 Å². The lowest BCUT2D eigenvalue weighted by Gasteiger charge is -2.14. The van der Waals surface area contributed by atoms with Crippen molar-refractivity contribution in [2.24, 2.45) is 0 Å². The molecule has 0 aliphatic carbocycles. The summed E-state index contributed by atoms with van der Waals surface area (Å²) in [5.41, 5.74) is 0. The molecule has 1 rings (SSSR count). The van der Waals surface area contributed by atoms with Crippen LogP contribution in [0.4, 0.5) is 0 Å². The van der Waals surface area contributed by atoms with Crippen molar-refractivity contribution in [2.75, 3.05) is 5.33 Å². The fraction of sp³-hybridized carbons (Fsp3) is 0.500. The molecule has 0 bridgehead atoms. The topological polar surface area (TPSA) is 80.7 Å². The number of amides is 2. The number of rotatable bonds is 2. The molecule has 0 radical (unpaired) electrons. The zero-order valence-corrected chi connectivity index (χ0v) is 8.11. The van der Waals surface area contributed by atoms with Crippen LogP contribution in [0.15, 0.2) is 0 Å². The molecule has 0 atom stereocenters. The molecule has 1 aliphatic rings. The van der Waals surface area contributed by atoms with E-state index < -0.39 is 22.6 Å². The van der Waals surface area contributed by atoms with Gasteiger partial charge in [0, 0.05) is 0 Å². The maximum absolute atomic E-state index is 11.0. The fourth-order valence-corrected chi connectivity index (χ4v) is 1.03. The molecule has 1 N–H and O–H groups in total. The Labute approximate surface area is 81.7 Å². The van der Waals surface area contributed by atoms with Crippen molar-refractivity contribution in [3.05, 3.63) is 0 Å². The van der Waals surface area contributed by atoms with Crippen molar-refractivity contribution in [3.63, 3.8) is 0 Å². The van der Waals surface area contributed by atoms with Crippen molar-refractivity contribution in [1.29, 1.82) is 0 Å². The zero-order chi connectivity index (χ0) is 10.1. The summed E-state index contributed by atoms with van der Waals surface area (Å²) in [5.74, 6) is -2.51. The SMILES string of the molecule is O=C(CBr)O[N+]1(O)C(=O)CCC1=O. The molecule has 7 heteroatoms. The van der Waals surface area contributed by atoms with Gasteiger partial charge >= 0.3 is 17.8 Å². The van der Waals surface area contributed by atoms with Crippen LogP contribution in [-0.4, -0.2) is 33.1 Å². The van der Waals surface area contributed by atoms with Gasteiger partial charge in [0.2, 0.25) is 0 Å². The molecule has 0 spiro atoms. The summed E-state index contributed by atoms with van der Waals surface area (Å²) >= 11 is 2.77. The molecular formula is C6H7BrNO5+. The van der Waals surface area contributed by atoms with E-state index in [2.05, 4.69) is 20.8 Å². The molecule has 72 valence electrons. The highest BCUT2D eigenvalue weighted by molar-refractivity contribution is 9.09. The van der Waals surface area contributed by atoms with Crippen LogP contribution in [0, 0.1) is 0 Å². The van der Waals surface area contributed by atoms with Gasteiger partial charge in [-0.15, -0.1) is 0 Å². The Kier molecular flexibility index (Phi) is 2.79. The fourth-order valence-electron chi connectivity index (χ4n) is 0.930. The Hall–Kier alpha value is -0.790. The standard InChI is InChI=1S/C6H7BrNO5/c7-3-6(11)13-8(12)4(9)1-2-5(8)10/h12H,1-3H2/q+1. The van der Waals surface area contributed by atoms with E-state index in [0.717, 1.165) is 0 Å². The molecule has 0 aromatic carbocycles. The number of hydrogen-bond donors (Lipinski definition) is 1. The summed E-state index contributed by atoms with van der Waals surface area (Å²) < 4.78 is 0. The smallest absolute Gasteiger partial charge is 0.244 e. The minimum absolute atomic E-state index is 0.106. The van der Waals surface area contributed by atoms with Crippen LogP contribution in [-0.2, 0) is 19.2 Å². The molecule has 0 aromatic rings. The predicted octanol–water partition coefficient (Wildman–Crippen LogP) is -0.108. The van der Waals surface area contributed by atoms with Gasteiger partial charge < -0.3 is 0 Å². The number of carbonyl (C=O) groups is 3. The van der Waals surface area contributed by atoms with E-state index in [9.17, 15) is 19.6 Å². The number of nitrogens with zero attached hydrogens (tertiary/aromatic N) is 1. The highest BCUT2D eigenvalue weighted by Crippen LogP contribution is 2.20. The Morgan fingerprint density at radius 3 is 2.31 bits per heavy atom. The second-order valence-corrected chi connectivity index (χ2v) is 3.02. The van der Waals surface area contributed by atoms with Crippen LogP contribution in [0.2, 0.25) is 0 Å². The molecule has 0 aromatic heterocycles. The maximum atomic E-state index is 11.0. The molecule has 2 amide bonds. The van der Waals surface area contributed by atoms with Gasteiger partial charge in [0.1, 0.15) is 10.1 Å². The van der Waals surface area contributed by atoms with E-state index >= 15 is 0 Å². The summed E-state index contributed by atoms with van der Waals surface area (Å²) in [6, 6.07) is 0. The third-order valence-corrected chi connectivity index (χ3v) is 2.03. The monoisotopic (exact) mass is 252 g/mol. The van der Waals surface area contributed by atoms with Crippen LogP contribution in [0.3, 0.4) is 0 Å². The number of quaternary nitrogens is 1. The molecule has 1 saturated heterocycles. The highest BCUT2D eigenvalue weighted by Gasteiger charge is 2.55. The Morgan fingerprint density at radius 2 is 1.92 bits per heavy atom. The van der Waals surface area contributed by atoms with Gasteiger partial charge in [0.05, 0.1) is 12.8 Å². The molecule has 0 saturated carbocycles. The number of alkyl halides is 1. The van der Waals surface area contributed by atoms with Gasteiger partial charge in [-0.25, -0.2) is 19.2 Å². The molecule has 13 heavy (non-hydrogen) atoms. The summed E-state index contributed by atoms with van der Waals surface area (Å²) in [4.78, 5) is 35.1. The van der Waals surface area contributed by atoms with Gasteiger partial charge in [-0.05, 0) is 0 Å². The van der Waals surface area contributed by atoms with Crippen LogP contribution in [0.25, 0.3) is 0 Å². The minimum atomic E-state index is -1.84. The highest BCUT2D eigenvalue weighted by atomic mass is 79.9. The molecule has 0 unspecified atom stereocenters. The maximum Gasteiger partial charge on any atom is 0.397 e. The van der Waals surface area contributed by atoms with Gasteiger partial charge in [0.25, 0.3) is 0 Å². The number of halogens is 1. The van der Waals surface area contributed by atoms with Crippen LogP contribution >= 0.6 is 15.9 Å². The van der Waals surface area contributed by atoms with E-state index in [1.54, 1.807) is 0 Å². The first-order chi connectivity index (χ1) is 6.00. The average molecular weight is 253 g/mol. The third kappa shape index (κ3) is 1.77. The molecule has 1 aliphatic heterocycles. The molecule has 6 nitrogen and oxygen atoms in total. The predicted molar refractivity (Wildman–Crippen MR) is 41.2 cm³/mol. The van der Waals surface area contributed by atoms with E-state index in [-0.39, 0.29) is 18.2 Å². The zero-order valence-electron chi connectivity index (χ0n) is 6.53. The first-order valence-corrected chi connectivity index (χ1v) is 4.60. The number of hydroxylamine groups is 4. The van der Waals surface area contributed by atoms with Gasteiger partial charge in [-0.2, -0.15) is 5.21 Å². The first kappa shape index (κ1) is 10.3. The van der Waals surface area contributed by atoms with Gasteiger partial charge in [-0.1, -0.05) is 15.9 Å². The Bertz CT molecular complexity index is 260.